The average molecular weight is 533 g/mol. The van der Waals surface area contributed by atoms with Gasteiger partial charge in [-0.1, -0.05) is 29.8 Å². The summed E-state index contributed by atoms with van der Waals surface area (Å²) in [4.78, 5) is 26.5. The lowest BCUT2D eigenvalue weighted by atomic mass is 10.1. The number of amides is 1. The van der Waals surface area contributed by atoms with E-state index in [4.69, 9.17) is 25.8 Å². The van der Waals surface area contributed by atoms with Crippen LogP contribution >= 0.6 is 11.6 Å². The van der Waals surface area contributed by atoms with Crippen molar-refractivity contribution < 1.29 is 19.0 Å². The fraction of sp³-hybridized carbons (Fsp3) is 0.179. The summed E-state index contributed by atoms with van der Waals surface area (Å²) in [6.07, 6.45) is 1.76. The number of hydrogen-bond acceptors (Lipinski definition) is 6. The monoisotopic (exact) mass is 532 g/mol. The normalized spacial score (nSPS) is 11.1. The lowest BCUT2D eigenvalue weighted by molar-refractivity contribution is -0.115. The number of fused-ring (bicyclic) bond motifs is 3. The number of aromatic nitrogens is 3. The third kappa shape index (κ3) is 4.41. The maximum Gasteiger partial charge on any atom is 0.266 e. The van der Waals surface area contributed by atoms with Crippen LogP contribution in [0.2, 0.25) is 5.02 Å². The van der Waals surface area contributed by atoms with Gasteiger partial charge in [0.15, 0.2) is 11.5 Å². The van der Waals surface area contributed by atoms with Gasteiger partial charge in [-0.15, -0.1) is 0 Å². The smallest absolute Gasteiger partial charge is 0.266 e. The highest BCUT2D eigenvalue weighted by molar-refractivity contribution is 6.37. The van der Waals surface area contributed by atoms with Gasteiger partial charge in [-0.25, -0.2) is 0 Å². The number of nitrogens with zero attached hydrogens (tertiary/aromatic N) is 3. The van der Waals surface area contributed by atoms with E-state index in [1.54, 1.807) is 46.8 Å². The number of aryl methyl sites for hydroxylation is 1. The number of halogens is 1. The lowest BCUT2D eigenvalue weighted by Crippen LogP contribution is -2.19. The molecule has 0 fully saturated rings. The van der Waals surface area contributed by atoms with E-state index < -0.39 is 0 Å². The first kappa shape index (κ1) is 25.2. The zero-order valence-electron chi connectivity index (χ0n) is 21.2. The molecule has 0 bridgehead atoms. The van der Waals surface area contributed by atoms with Crippen LogP contribution in [0.15, 0.2) is 65.6 Å². The minimum absolute atomic E-state index is 0.0765. The molecule has 0 saturated heterocycles. The Labute approximate surface area is 223 Å². The molecule has 2 heterocycles. The van der Waals surface area contributed by atoms with Crippen LogP contribution in [0.1, 0.15) is 5.56 Å². The van der Waals surface area contributed by atoms with E-state index in [9.17, 15) is 9.59 Å². The van der Waals surface area contributed by atoms with Crippen molar-refractivity contribution in [3.05, 3.63) is 81.7 Å². The number of carbonyl (C=O) groups excluding carboxylic acids is 1. The van der Waals surface area contributed by atoms with Gasteiger partial charge in [0.25, 0.3) is 5.56 Å². The number of carbonyl (C=O) groups is 1. The van der Waals surface area contributed by atoms with Gasteiger partial charge in [0.2, 0.25) is 11.7 Å². The number of nitrogens with one attached hydrogen (secondary N) is 1. The molecule has 0 aliphatic carbocycles. The van der Waals surface area contributed by atoms with Gasteiger partial charge < -0.3 is 19.5 Å². The van der Waals surface area contributed by atoms with Gasteiger partial charge in [-0.05, 0) is 29.8 Å². The first-order valence-electron chi connectivity index (χ1n) is 11.7. The van der Waals surface area contributed by atoms with Crippen LogP contribution in [0, 0.1) is 0 Å². The molecule has 1 amide bonds. The van der Waals surface area contributed by atoms with E-state index in [1.807, 2.05) is 30.3 Å². The minimum Gasteiger partial charge on any atom is -0.493 e. The molecule has 2 aromatic heterocycles. The van der Waals surface area contributed by atoms with E-state index in [1.165, 1.54) is 21.3 Å². The van der Waals surface area contributed by atoms with Gasteiger partial charge >= 0.3 is 0 Å². The summed E-state index contributed by atoms with van der Waals surface area (Å²) in [5, 5.41) is 8.99. The standard InChI is InChI=1S/C28H25ClN4O5/c1-32-15-19-26(31-32)25-20(29)9-6-10-21(25)33(28(19)35)18-8-5-7-16(11-18)12-24(34)30-17-13-22(36-2)27(38-4)23(14-17)37-3/h5-11,13-15H,12H2,1-4H3,(H,30,34). The van der Waals surface area contributed by atoms with Crippen molar-refractivity contribution in [3.63, 3.8) is 0 Å². The molecule has 38 heavy (non-hydrogen) atoms. The Balaban J connectivity index is 1.51. The number of hydrogen-bond donors (Lipinski definition) is 1. The van der Waals surface area contributed by atoms with Gasteiger partial charge in [0, 0.05) is 42.1 Å². The van der Waals surface area contributed by atoms with Crippen molar-refractivity contribution in [2.24, 2.45) is 7.05 Å². The van der Waals surface area contributed by atoms with Gasteiger partial charge in [-0.3, -0.25) is 18.8 Å². The van der Waals surface area contributed by atoms with Gasteiger partial charge in [0.1, 0.15) is 5.52 Å². The predicted octanol–water partition coefficient (Wildman–Crippen LogP) is 4.74. The van der Waals surface area contributed by atoms with E-state index in [2.05, 4.69) is 10.4 Å². The molecule has 0 unspecified atom stereocenters. The van der Waals surface area contributed by atoms with Crippen LogP contribution in [0.3, 0.4) is 0 Å². The minimum atomic E-state index is -0.251. The number of methoxy groups -OCH3 is 3. The Morgan fingerprint density at radius 1 is 1.00 bits per heavy atom. The second-order valence-corrected chi connectivity index (χ2v) is 9.06. The van der Waals surface area contributed by atoms with Crippen molar-refractivity contribution in [1.29, 1.82) is 0 Å². The zero-order chi connectivity index (χ0) is 27.0. The molecular formula is C28H25ClN4O5. The molecule has 0 aliphatic rings. The Hall–Kier alpha value is -4.50. The van der Waals surface area contributed by atoms with E-state index in [0.29, 0.717) is 55.5 Å². The van der Waals surface area contributed by atoms with Crippen molar-refractivity contribution in [3.8, 4) is 22.9 Å². The molecule has 10 heteroatoms. The summed E-state index contributed by atoms with van der Waals surface area (Å²) < 4.78 is 19.3. The Bertz CT molecular complexity index is 1730. The predicted molar refractivity (Wildman–Crippen MR) is 147 cm³/mol. The topological polar surface area (TPSA) is 96.6 Å². The van der Waals surface area contributed by atoms with E-state index in [-0.39, 0.29) is 17.9 Å². The van der Waals surface area contributed by atoms with Crippen LogP contribution in [0.5, 0.6) is 17.2 Å². The summed E-state index contributed by atoms with van der Waals surface area (Å²) in [5.74, 6) is 1.04. The third-order valence-electron chi connectivity index (χ3n) is 6.21. The van der Waals surface area contributed by atoms with E-state index >= 15 is 0 Å². The van der Waals surface area contributed by atoms with E-state index in [0.717, 1.165) is 5.56 Å². The Morgan fingerprint density at radius 2 is 1.71 bits per heavy atom. The quantitative estimate of drug-likeness (QED) is 0.325. The van der Waals surface area contributed by atoms with Crippen molar-refractivity contribution in [2.75, 3.05) is 26.6 Å². The molecule has 194 valence electrons. The molecule has 9 nitrogen and oxygen atoms in total. The second kappa shape index (κ2) is 10.1. The molecule has 0 saturated carbocycles. The highest BCUT2D eigenvalue weighted by atomic mass is 35.5. The first-order valence-corrected chi connectivity index (χ1v) is 12.1. The Kier molecular flexibility index (Phi) is 6.69. The fourth-order valence-corrected chi connectivity index (χ4v) is 4.86. The molecule has 3 aromatic carbocycles. The molecule has 0 atom stereocenters. The average Bonchev–Trinajstić information content (AvgIpc) is 3.30. The highest BCUT2D eigenvalue weighted by Gasteiger charge is 2.18. The summed E-state index contributed by atoms with van der Waals surface area (Å²) in [6, 6.07) is 16.0. The maximum atomic E-state index is 13.6. The summed E-state index contributed by atoms with van der Waals surface area (Å²) in [5.41, 5.74) is 2.80. The van der Waals surface area contributed by atoms with Gasteiger partial charge in [0.05, 0.1) is 43.7 Å². The van der Waals surface area contributed by atoms with Crippen molar-refractivity contribution >= 4 is 45.0 Å². The van der Waals surface area contributed by atoms with Crippen LogP contribution in [-0.4, -0.2) is 41.6 Å². The highest BCUT2D eigenvalue weighted by Crippen LogP contribution is 2.40. The second-order valence-electron chi connectivity index (χ2n) is 8.65. The Morgan fingerprint density at radius 3 is 2.39 bits per heavy atom. The number of ether oxygens (including phenoxy) is 3. The molecular weight excluding hydrogens is 508 g/mol. The van der Waals surface area contributed by atoms with Crippen LogP contribution in [0.25, 0.3) is 27.5 Å². The largest absolute Gasteiger partial charge is 0.493 e. The van der Waals surface area contributed by atoms with Crippen molar-refractivity contribution in [1.82, 2.24) is 14.3 Å². The molecule has 5 aromatic rings. The zero-order valence-corrected chi connectivity index (χ0v) is 22.0. The summed E-state index contributed by atoms with van der Waals surface area (Å²) >= 11 is 6.55. The number of anilines is 1. The van der Waals surface area contributed by atoms with Crippen LogP contribution in [-0.2, 0) is 18.3 Å². The van der Waals surface area contributed by atoms with Crippen LogP contribution in [0.4, 0.5) is 5.69 Å². The third-order valence-corrected chi connectivity index (χ3v) is 6.53. The molecule has 0 spiro atoms. The molecule has 0 radical (unpaired) electrons. The number of benzene rings is 3. The number of rotatable bonds is 7. The summed E-state index contributed by atoms with van der Waals surface area (Å²) in [6.45, 7) is 0. The maximum absolute atomic E-state index is 13.6. The molecule has 0 aliphatic heterocycles. The first-order chi connectivity index (χ1) is 18.3. The summed E-state index contributed by atoms with van der Waals surface area (Å²) in [7, 11) is 6.30. The molecule has 1 N–H and O–H groups in total. The van der Waals surface area contributed by atoms with Crippen molar-refractivity contribution in [2.45, 2.75) is 6.42 Å². The SMILES string of the molecule is COc1cc(NC(=O)Cc2cccc(-n3c(=O)c4cn(C)nc4c4c(Cl)cccc43)c2)cc(OC)c1OC. The lowest BCUT2D eigenvalue weighted by Gasteiger charge is -2.15. The van der Waals surface area contributed by atoms with Gasteiger partial charge in [-0.2, -0.15) is 5.10 Å². The fourth-order valence-electron chi connectivity index (χ4n) is 4.60. The molecule has 5 rings (SSSR count). The number of pyridine rings is 1. The van der Waals surface area contributed by atoms with Crippen LogP contribution < -0.4 is 25.1 Å².